The van der Waals surface area contributed by atoms with Crippen molar-refractivity contribution < 1.29 is 14.6 Å². The minimum Gasteiger partial charge on any atom is -0.394 e. The molecular weight excluding hydrogens is 427 g/mol. The number of aliphatic hydroxyl groups is 2. The molecular formula is C24H23FN4O2S. The molecule has 2 aromatic heterocycles. The third kappa shape index (κ3) is 5.53. The first kappa shape index (κ1) is 22.0. The van der Waals surface area contributed by atoms with Crippen molar-refractivity contribution in [1.29, 1.82) is 0 Å². The summed E-state index contributed by atoms with van der Waals surface area (Å²) in [5, 5.41) is 22.7. The van der Waals surface area contributed by atoms with Gasteiger partial charge in [0.15, 0.2) is 5.16 Å². The third-order valence-electron chi connectivity index (χ3n) is 4.79. The van der Waals surface area contributed by atoms with Crippen LogP contribution in [0.25, 0.3) is 22.5 Å². The van der Waals surface area contributed by atoms with Crippen molar-refractivity contribution in [2.45, 2.75) is 17.8 Å². The Balaban J connectivity index is 1.63. The zero-order chi connectivity index (χ0) is 22.3. The smallest absolute Gasteiger partial charge is 0.166 e. The van der Waals surface area contributed by atoms with E-state index in [1.54, 1.807) is 18.3 Å². The van der Waals surface area contributed by atoms with E-state index in [-0.39, 0.29) is 12.4 Å². The van der Waals surface area contributed by atoms with Gasteiger partial charge in [-0.15, -0.1) is 0 Å². The Labute approximate surface area is 189 Å². The van der Waals surface area contributed by atoms with Crippen molar-refractivity contribution in [1.82, 2.24) is 15.0 Å². The monoisotopic (exact) mass is 450 g/mol. The van der Waals surface area contributed by atoms with Gasteiger partial charge in [-0.2, -0.15) is 0 Å². The Morgan fingerprint density at radius 2 is 1.81 bits per heavy atom. The molecule has 0 saturated carbocycles. The number of hydrogen-bond acceptors (Lipinski definition) is 6. The van der Waals surface area contributed by atoms with Crippen LogP contribution in [0, 0.1) is 5.82 Å². The van der Waals surface area contributed by atoms with Crippen molar-refractivity contribution >= 4 is 17.6 Å². The summed E-state index contributed by atoms with van der Waals surface area (Å²) in [5.41, 5.74) is 4.23. The number of rotatable bonds is 9. The van der Waals surface area contributed by atoms with E-state index in [9.17, 15) is 9.50 Å². The second-order valence-electron chi connectivity index (χ2n) is 7.19. The Hall–Kier alpha value is -3.20. The molecule has 6 nitrogen and oxygen atoms in total. The molecule has 0 spiro atoms. The van der Waals surface area contributed by atoms with E-state index in [0.29, 0.717) is 23.1 Å². The summed E-state index contributed by atoms with van der Waals surface area (Å²) >= 11 is 1.31. The van der Waals surface area contributed by atoms with Gasteiger partial charge in [0.25, 0.3) is 0 Å². The summed E-state index contributed by atoms with van der Waals surface area (Å²) in [4.78, 5) is 12.4. The van der Waals surface area contributed by atoms with Crippen molar-refractivity contribution in [3.63, 3.8) is 0 Å². The molecule has 164 valence electrons. The summed E-state index contributed by atoms with van der Waals surface area (Å²) in [6.07, 6.45) is 0.887. The van der Waals surface area contributed by atoms with Crippen molar-refractivity contribution in [3.05, 3.63) is 84.3 Å². The predicted octanol–water partition coefficient (Wildman–Crippen LogP) is 4.34. The lowest BCUT2D eigenvalue weighted by molar-refractivity contribution is 0.113. The van der Waals surface area contributed by atoms with E-state index < -0.39 is 6.10 Å². The molecule has 2 heterocycles. The van der Waals surface area contributed by atoms with Crippen LogP contribution in [-0.2, 0) is 6.54 Å². The third-order valence-corrected chi connectivity index (χ3v) is 5.81. The average molecular weight is 451 g/mol. The van der Waals surface area contributed by atoms with Crippen LogP contribution in [-0.4, -0.2) is 43.6 Å². The number of halogens is 1. The number of imidazole rings is 1. The van der Waals surface area contributed by atoms with Crippen LogP contribution >= 0.6 is 11.8 Å². The van der Waals surface area contributed by atoms with Crippen LogP contribution in [0.5, 0.6) is 0 Å². The van der Waals surface area contributed by atoms with Gasteiger partial charge >= 0.3 is 0 Å². The maximum absolute atomic E-state index is 13.5. The second-order valence-corrected chi connectivity index (χ2v) is 8.20. The van der Waals surface area contributed by atoms with Gasteiger partial charge in [0.2, 0.25) is 0 Å². The Bertz CT molecular complexity index is 1150. The van der Waals surface area contributed by atoms with Gasteiger partial charge in [0, 0.05) is 29.6 Å². The molecule has 0 aliphatic carbocycles. The molecule has 4 N–H and O–H groups in total. The number of aromatic amines is 1. The number of nitrogens with one attached hydrogen (secondary N) is 2. The maximum atomic E-state index is 13.5. The summed E-state index contributed by atoms with van der Waals surface area (Å²) < 4.78 is 13.5. The highest BCUT2D eigenvalue weighted by Gasteiger charge is 2.16. The Kier molecular flexibility index (Phi) is 7.16. The summed E-state index contributed by atoms with van der Waals surface area (Å²) in [6, 6.07) is 20.0. The maximum Gasteiger partial charge on any atom is 0.166 e. The lowest BCUT2D eigenvalue weighted by Crippen LogP contribution is -2.14. The average Bonchev–Trinajstić information content (AvgIpc) is 3.27. The standard InChI is InChI=1S/C24H23FN4O2S/c25-19-8-6-17(7-9-19)22-23(29-24(28-22)32-15-20(31)14-30)18-10-11-26-21(12-18)27-13-16-4-2-1-3-5-16/h1-12,20,30-31H,13-15H2,(H,26,27)(H,28,29). The fraction of sp³-hybridized carbons (Fsp3) is 0.167. The number of hydrogen-bond donors (Lipinski definition) is 4. The summed E-state index contributed by atoms with van der Waals surface area (Å²) in [7, 11) is 0. The number of anilines is 1. The molecule has 0 aliphatic heterocycles. The van der Waals surface area contributed by atoms with Gasteiger partial charge in [-0.3, -0.25) is 0 Å². The zero-order valence-corrected chi connectivity index (χ0v) is 18.0. The van der Waals surface area contributed by atoms with E-state index in [2.05, 4.69) is 20.3 Å². The normalized spacial score (nSPS) is 12.0. The molecule has 0 aliphatic rings. The predicted molar refractivity (Wildman–Crippen MR) is 125 cm³/mol. The van der Waals surface area contributed by atoms with Gasteiger partial charge in [-0.1, -0.05) is 42.1 Å². The number of benzene rings is 2. The molecule has 2 aromatic carbocycles. The summed E-state index contributed by atoms with van der Waals surface area (Å²) in [6.45, 7) is 0.331. The van der Waals surface area contributed by atoms with E-state index >= 15 is 0 Å². The SMILES string of the molecule is OCC(O)CSc1nc(-c2ccc(F)cc2)c(-c2ccnc(NCc3ccccc3)c2)[nH]1. The van der Waals surface area contributed by atoms with Crippen LogP contribution in [0.4, 0.5) is 10.2 Å². The first-order valence-corrected chi connectivity index (χ1v) is 11.1. The van der Waals surface area contributed by atoms with E-state index in [1.807, 2.05) is 42.5 Å². The lowest BCUT2D eigenvalue weighted by atomic mass is 10.1. The van der Waals surface area contributed by atoms with Gasteiger partial charge in [-0.05, 0) is 42.0 Å². The zero-order valence-electron chi connectivity index (χ0n) is 17.2. The van der Waals surface area contributed by atoms with Gasteiger partial charge in [0.05, 0.1) is 24.1 Å². The molecule has 4 aromatic rings. The Morgan fingerprint density at radius 1 is 1.03 bits per heavy atom. The van der Waals surface area contributed by atoms with E-state index in [1.165, 1.54) is 23.9 Å². The van der Waals surface area contributed by atoms with Gasteiger partial charge in [0.1, 0.15) is 11.6 Å². The largest absolute Gasteiger partial charge is 0.394 e. The number of H-pyrrole nitrogens is 1. The highest BCUT2D eigenvalue weighted by Crippen LogP contribution is 2.33. The highest BCUT2D eigenvalue weighted by molar-refractivity contribution is 7.99. The number of thioether (sulfide) groups is 1. The molecule has 0 amide bonds. The van der Waals surface area contributed by atoms with Crippen LogP contribution in [0.15, 0.2) is 78.1 Å². The lowest BCUT2D eigenvalue weighted by Gasteiger charge is -2.08. The summed E-state index contributed by atoms with van der Waals surface area (Å²) in [5.74, 6) is 0.700. The molecule has 0 fully saturated rings. The van der Waals surface area contributed by atoms with Crippen molar-refractivity contribution in [2.24, 2.45) is 0 Å². The Morgan fingerprint density at radius 3 is 2.56 bits per heavy atom. The second kappa shape index (κ2) is 10.4. The molecule has 1 unspecified atom stereocenters. The quantitative estimate of drug-likeness (QED) is 0.284. The topological polar surface area (TPSA) is 94.1 Å². The van der Waals surface area contributed by atoms with Crippen molar-refractivity contribution in [2.75, 3.05) is 17.7 Å². The molecule has 0 saturated heterocycles. The minimum atomic E-state index is -0.836. The number of aromatic nitrogens is 3. The molecule has 4 rings (SSSR count). The van der Waals surface area contributed by atoms with Crippen LogP contribution in [0.3, 0.4) is 0 Å². The minimum absolute atomic E-state index is 0.298. The number of pyridine rings is 1. The molecule has 8 heteroatoms. The van der Waals surface area contributed by atoms with E-state index in [0.717, 1.165) is 28.2 Å². The first-order valence-electron chi connectivity index (χ1n) is 10.1. The molecule has 1 atom stereocenters. The highest BCUT2D eigenvalue weighted by atomic mass is 32.2. The molecule has 32 heavy (non-hydrogen) atoms. The van der Waals surface area contributed by atoms with Crippen LogP contribution < -0.4 is 5.32 Å². The first-order chi connectivity index (χ1) is 15.6. The molecule has 0 bridgehead atoms. The number of nitrogens with zero attached hydrogens (tertiary/aromatic N) is 2. The number of aliphatic hydroxyl groups excluding tert-OH is 2. The van der Waals surface area contributed by atoms with Crippen LogP contribution in [0.1, 0.15) is 5.56 Å². The van der Waals surface area contributed by atoms with Crippen molar-refractivity contribution in [3.8, 4) is 22.5 Å². The van der Waals surface area contributed by atoms with Gasteiger partial charge in [-0.25, -0.2) is 14.4 Å². The van der Waals surface area contributed by atoms with Gasteiger partial charge < -0.3 is 20.5 Å². The van der Waals surface area contributed by atoms with Crippen LogP contribution in [0.2, 0.25) is 0 Å². The molecule has 0 radical (unpaired) electrons. The fourth-order valence-electron chi connectivity index (χ4n) is 3.14. The fourth-order valence-corrected chi connectivity index (χ4v) is 3.93. The van der Waals surface area contributed by atoms with E-state index in [4.69, 9.17) is 5.11 Å².